The second-order valence-electron chi connectivity index (χ2n) is 4.71. The highest BCUT2D eigenvalue weighted by molar-refractivity contribution is 6.01. The van der Waals surface area contributed by atoms with E-state index in [4.69, 9.17) is 0 Å². The molecule has 90 valence electrons. The molecule has 0 spiro atoms. The van der Waals surface area contributed by atoms with Gasteiger partial charge in [-0.2, -0.15) is 0 Å². The number of ketones is 1. The zero-order valence-corrected chi connectivity index (χ0v) is 10.2. The SMILES string of the molecule is Cc1c(F)cccc1-c1ccc2c(c1)CCC2=O. The van der Waals surface area contributed by atoms with Crippen LogP contribution in [0.15, 0.2) is 36.4 Å². The van der Waals surface area contributed by atoms with Gasteiger partial charge in [-0.05, 0) is 41.7 Å². The van der Waals surface area contributed by atoms with Crippen molar-refractivity contribution in [3.05, 3.63) is 58.9 Å². The maximum absolute atomic E-state index is 13.5. The maximum Gasteiger partial charge on any atom is 0.163 e. The lowest BCUT2D eigenvalue weighted by Crippen LogP contribution is -1.92. The monoisotopic (exact) mass is 240 g/mol. The molecule has 0 saturated carbocycles. The van der Waals surface area contributed by atoms with E-state index < -0.39 is 0 Å². The third kappa shape index (κ3) is 1.65. The first-order chi connectivity index (χ1) is 8.66. The summed E-state index contributed by atoms with van der Waals surface area (Å²) in [6.07, 6.45) is 1.40. The van der Waals surface area contributed by atoms with Crippen molar-refractivity contribution in [1.82, 2.24) is 0 Å². The first kappa shape index (κ1) is 11.1. The Morgan fingerprint density at radius 1 is 1.06 bits per heavy atom. The quantitative estimate of drug-likeness (QED) is 0.738. The summed E-state index contributed by atoms with van der Waals surface area (Å²) in [6, 6.07) is 10.9. The minimum absolute atomic E-state index is 0.191. The van der Waals surface area contributed by atoms with Gasteiger partial charge in [0.15, 0.2) is 5.78 Å². The number of fused-ring (bicyclic) bond motifs is 1. The summed E-state index contributed by atoms with van der Waals surface area (Å²) in [4.78, 5) is 11.6. The summed E-state index contributed by atoms with van der Waals surface area (Å²) in [5, 5.41) is 0. The molecule has 2 aromatic rings. The predicted octanol–water partition coefficient (Wildman–Crippen LogP) is 3.93. The molecule has 1 aliphatic rings. The number of Topliss-reactive ketones (excluding diaryl/α,β-unsaturated/α-hetero) is 1. The Labute approximate surface area is 105 Å². The van der Waals surface area contributed by atoms with Gasteiger partial charge in [0.25, 0.3) is 0 Å². The van der Waals surface area contributed by atoms with Crippen LogP contribution in [-0.4, -0.2) is 5.78 Å². The van der Waals surface area contributed by atoms with Crippen molar-refractivity contribution in [1.29, 1.82) is 0 Å². The normalized spacial score (nSPS) is 13.8. The van der Waals surface area contributed by atoms with Crippen LogP contribution < -0.4 is 0 Å². The molecule has 0 N–H and O–H groups in total. The lowest BCUT2D eigenvalue weighted by Gasteiger charge is -2.08. The minimum Gasteiger partial charge on any atom is -0.294 e. The lowest BCUT2D eigenvalue weighted by molar-refractivity contribution is 0.0994. The fraction of sp³-hybridized carbons (Fsp3) is 0.188. The van der Waals surface area contributed by atoms with Crippen LogP contribution in [0.2, 0.25) is 0 Å². The largest absolute Gasteiger partial charge is 0.294 e. The number of aryl methyl sites for hydroxylation is 1. The number of hydrogen-bond donors (Lipinski definition) is 0. The Morgan fingerprint density at radius 3 is 2.72 bits per heavy atom. The second-order valence-corrected chi connectivity index (χ2v) is 4.71. The van der Waals surface area contributed by atoms with Gasteiger partial charge in [-0.3, -0.25) is 4.79 Å². The smallest absolute Gasteiger partial charge is 0.163 e. The number of hydrogen-bond acceptors (Lipinski definition) is 1. The van der Waals surface area contributed by atoms with E-state index in [1.165, 1.54) is 6.07 Å². The van der Waals surface area contributed by atoms with Gasteiger partial charge >= 0.3 is 0 Å². The number of halogens is 1. The van der Waals surface area contributed by atoms with Gasteiger partial charge in [-0.25, -0.2) is 4.39 Å². The number of benzene rings is 2. The van der Waals surface area contributed by atoms with Crippen LogP contribution in [-0.2, 0) is 6.42 Å². The average Bonchev–Trinajstić information content (AvgIpc) is 2.74. The number of carbonyl (C=O) groups excluding carboxylic acids is 1. The first-order valence-electron chi connectivity index (χ1n) is 6.08. The molecular formula is C16H13FO. The summed E-state index contributed by atoms with van der Waals surface area (Å²) in [5.41, 5.74) is 4.45. The third-order valence-electron chi connectivity index (χ3n) is 3.61. The van der Waals surface area contributed by atoms with Crippen LogP contribution in [0.25, 0.3) is 11.1 Å². The van der Waals surface area contributed by atoms with E-state index in [0.29, 0.717) is 12.0 Å². The molecule has 1 nitrogen and oxygen atoms in total. The zero-order chi connectivity index (χ0) is 12.7. The molecule has 2 aromatic carbocycles. The van der Waals surface area contributed by atoms with E-state index in [0.717, 1.165) is 28.7 Å². The highest BCUT2D eigenvalue weighted by Crippen LogP contribution is 2.30. The minimum atomic E-state index is -0.191. The fourth-order valence-electron chi connectivity index (χ4n) is 2.54. The van der Waals surface area contributed by atoms with Crippen molar-refractivity contribution in [3.8, 4) is 11.1 Å². The summed E-state index contributed by atoms with van der Waals surface area (Å²) in [7, 11) is 0. The van der Waals surface area contributed by atoms with Crippen LogP contribution in [0.4, 0.5) is 4.39 Å². The second kappa shape index (κ2) is 4.05. The molecular weight excluding hydrogens is 227 g/mol. The van der Waals surface area contributed by atoms with E-state index in [2.05, 4.69) is 0 Å². The molecule has 0 fully saturated rings. The number of rotatable bonds is 1. The molecule has 3 rings (SSSR count). The fourth-order valence-corrected chi connectivity index (χ4v) is 2.54. The van der Waals surface area contributed by atoms with Crippen LogP contribution in [0, 0.1) is 12.7 Å². The van der Waals surface area contributed by atoms with Crippen molar-refractivity contribution in [2.45, 2.75) is 19.8 Å². The van der Waals surface area contributed by atoms with Crippen LogP contribution in [0.5, 0.6) is 0 Å². The molecule has 0 aliphatic heterocycles. The highest BCUT2D eigenvalue weighted by atomic mass is 19.1. The average molecular weight is 240 g/mol. The predicted molar refractivity (Wildman–Crippen MR) is 69.2 cm³/mol. The lowest BCUT2D eigenvalue weighted by atomic mass is 9.97. The zero-order valence-electron chi connectivity index (χ0n) is 10.2. The van der Waals surface area contributed by atoms with Crippen molar-refractivity contribution in [3.63, 3.8) is 0 Å². The van der Waals surface area contributed by atoms with Gasteiger partial charge in [0.05, 0.1) is 0 Å². The van der Waals surface area contributed by atoms with Crippen LogP contribution in [0.1, 0.15) is 27.9 Å². The molecule has 0 unspecified atom stereocenters. The highest BCUT2D eigenvalue weighted by Gasteiger charge is 2.19. The third-order valence-corrected chi connectivity index (χ3v) is 3.61. The molecule has 2 heteroatoms. The van der Waals surface area contributed by atoms with Gasteiger partial charge in [0.2, 0.25) is 0 Å². The molecule has 0 bridgehead atoms. The molecule has 0 heterocycles. The van der Waals surface area contributed by atoms with Crippen molar-refractivity contribution in [2.75, 3.05) is 0 Å². The standard InChI is InChI=1S/C16H13FO/c1-10-13(3-2-4-15(10)17)11-5-7-14-12(9-11)6-8-16(14)18/h2-5,7,9H,6,8H2,1H3. The van der Waals surface area contributed by atoms with Crippen molar-refractivity contribution >= 4 is 5.78 Å². The van der Waals surface area contributed by atoms with Gasteiger partial charge in [0.1, 0.15) is 5.82 Å². The Hall–Kier alpha value is -1.96. The summed E-state index contributed by atoms with van der Waals surface area (Å²) in [6.45, 7) is 1.78. The Kier molecular flexibility index (Phi) is 2.51. The molecule has 0 amide bonds. The van der Waals surface area contributed by atoms with E-state index >= 15 is 0 Å². The molecule has 18 heavy (non-hydrogen) atoms. The Morgan fingerprint density at radius 2 is 1.89 bits per heavy atom. The Bertz CT molecular complexity index is 644. The van der Waals surface area contributed by atoms with Gasteiger partial charge in [-0.1, -0.05) is 30.3 Å². The van der Waals surface area contributed by atoms with Gasteiger partial charge < -0.3 is 0 Å². The van der Waals surface area contributed by atoms with Crippen molar-refractivity contribution in [2.24, 2.45) is 0 Å². The van der Waals surface area contributed by atoms with Gasteiger partial charge in [-0.15, -0.1) is 0 Å². The van der Waals surface area contributed by atoms with Crippen molar-refractivity contribution < 1.29 is 9.18 Å². The van der Waals surface area contributed by atoms with E-state index in [-0.39, 0.29) is 11.6 Å². The van der Waals surface area contributed by atoms with E-state index in [1.807, 2.05) is 24.3 Å². The van der Waals surface area contributed by atoms with E-state index in [1.54, 1.807) is 13.0 Å². The molecule has 0 saturated heterocycles. The molecule has 0 aromatic heterocycles. The molecule has 1 aliphatic carbocycles. The van der Waals surface area contributed by atoms with Crippen LogP contribution >= 0.6 is 0 Å². The summed E-state index contributed by atoms with van der Waals surface area (Å²) >= 11 is 0. The summed E-state index contributed by atoms with van der Waals surface area (Å²) < 4.78 is 13.5. The van der Waals surface area contributed by atoms with Crippen LogP contribution in [0.3, 0.4) is 0 Å². The van der Waals surface area contributed by atoms with Gasteiger partial charge in [0, 0.05) is 12.0 Å². The molecule has 0 atom stereocenters. The first-order valence-corrected chi connectivity index (χ1v) is 6.08. The number of carbonyl (C=O) groups is 1. The van der Waals surface area contributed by atoms with E-state index in [9.17, 15) is 9.18 Å². The maximum atomic E-state index is 13.5. The molecule has 0 radical (unpaired) electrons. The summed E-state index contributed by atoms with van der Waals surface area (Å²) in [5.74, 6) is 0.0246. The topological polar surface area (TPSA) is 17.1 Å². The Balaban J connectivity index is 2.14.